The van der Waals surface area contributed by atoms with Crippen molar-refractivity contribution in [1.29, 1.82) is 5.26 Å². The number of carbonyl (C=O) groups excluding carboxylic acids is 1. The summed E-state index contributed by atoms with van der Waals surface area (Å²) in [5.41, 5.74) is 2.91. The second-order valence-corrected chi connectivity index (χ2v) is 10.9. The van der Waals surface area contributed by atoms with Crippen LogP contribution >= 0.6 is 0 Å². The Morgan fingerprint density at radius 3 is 2.15 bits per heavy atom. The Kier molecular flexibility index (Phi) is 8.39. The number of anilines is 1. The SMILES string of the molecule is Cc1ccc(CN(Cc2ccc(/C=C(/C#N)C(=O)Nc3ccc(F)cc3)o2)S(=O)(=O)c2ccc(C)cc2)cc1. The summed E-state index contributed by atoms with van der Waals surface area (Å²) in [5.74, 6) is -0.600. The van der Waals surface area contributed by atoms with E-state index in [1.807, 2.05) is 44.2 Å². The van der Waals surface area contributed by atoms with Gasteiger partial charge >= 0.3 is 0 Å². The Hall–Kier alpha value is -4.52. The summed E-state index contributed by atoms with van der Waals surface area (Å²) in [6.45, 7) is 3.89. The number of hydrogen-bond donors (Lipinski definition) is 1. The van der Waals surface area contributed by atoms with Crippen molar-refractivity contribution in [3.8, 4) is 6.07 Å². The molecule has 0 radical (unpaired) electrons. The molecule has 9 heteroatoms. The van der Waals surface area contributed by atoms with E-state index in [0.29, 0.717) is 11.4 Å². The van der Waals surface area contributed by atoms with Crippen LogP contribution in [0.3, 0.4) is 0 Å². The zero-order chi connectivity index (χ0) is 28.0. The number of nitrogens with zero attached hydrogens (tertiary/aromatic N) is 2. The molecule has 0 saturated carbocycles. The van der Waals surface area contributed by atoms with Crippen LogP contribution in [0.15, 0.2) is 99.8 Å². The van der Waals surface area contributed by atoms with Gasteiger partial charge in [0.2, 0.25) is 10.0 Å². The zero-order valence-electron chi connectivity index (χ0n) is 21.4. The van der Waals surface area contributed by atoms with E-state index in [-0.39, 0.29) is 29.3 Å². The van der Waals surface area contributed by atoms with Gasteiger partial charge < -0.3 is 9.73 Å². The van der Waals surface area contributed by atoms with E-state index in [4.69, 9.17) is 4.42 Å². The second-order valence-electron chi connectivity index (χ2n) is 9.01. The molecule has 198 valence electrons. The molecule has 0 atom stereocenters. The highest BCUT2D eigenvalue weighted by Gasteiger charge is 2.26. The summed E-state index contributed by atoms with van der Waals surface area (Å²) in [6, 6.07) is 24.4. The Balaban J connectivity index is 1.57. The third-order valence-electron chi connectivity index (χ3n) is 5.91. The molecule has 0 aliphatic rings. The van der Waals surface area contributed by atoms with Gasteiger partial charge in [0.15, 0.2) is 0 Å². The Morgan fingerprint density at radius 1 is 0.923 bits per heavy atom. The molecule has 0 aliphatic heterocycles. The van der Waals surface area contributed by atoms with Crippen molar-refractivity contribution < 1.29 is 22.0 Å². The number of hydrogen-bond acceptors (Lipinski definition) is 5. The molecule has 1 amide bonds. The lowest BCUT2D eigenvalue weighted by atomic mass is 10.1. The number of benzene rings is 3. The number of halogens is 1. The van der Waals surface area contributed by atoms with E-state index < -0.39 is 21.7 Å². The molecule has 0 saturated heterocycles. The van der Waals surface area contributed by atoms with Crippen LogP contribution in [0.2, 0.25) is 0 Å². The maximum absolute atomic E-state index is 13.6. The minimum atomic E-state index is -3.88. The topological polar surface area (TPSA) is 103 Å². The van der Waals surface area contributed by atoms with Crippen molar-refractivity contribution >= 4 is 27.7 Å². The lowest BCUT2D eigenvalue weighted by molar-refractivity contribution is -0.112. The normalized spacial score (nSPS) is 11.8. The molecule has 0 fully saturated rings. The summed E-state index contributed by atoms with van der Waals surface area (Å²) in [7, 11) is -3.88. The number of nitrogens with one attached hydrogen (secondary N) is 1. The highest BCUT2D eigenvalue weighted by Crippen LogP contribution is 2.23. The van der Waals surface area contributed by atoms with Crippen LogP contribution < -0.4 is 5.32 Å². The van der Waals surface area contributed by atoms with E-state index in [1.54, 1.807) is 36.4 Å². The van der Waals surface area contributed by atoms with Crippen molar-refractivity contribution in [2.75, 3.05) is 5.32 Å². The summed E-state index contributed by atoms with van der Waals surface area (Å²) < 4.78 is 47.4. The summed E-state index contributed by atoms with van der Waals surface area (Å²) in [5, 5.41) is 12.0. The molecule has 39 heavy (non-hydrogen) atoms. The van der Waals surface area contributed by atoms with Crippen molar-refractivity contribution in [3.63, 3.8) is 0 Å². The third-order valence-corrected chi connectivity index (χ3v) is 7.71. The molecule has 3 aromatic carbocycles. The fourth-order valence-electron chi connectivity index (χ4n) is 3.74. The highest BCUT2D eigenvalue weighted by molar-refractivity contribution is 7.89. The highest BCUT2D eigenvalue weighted by atomic mass is 32.2. The number of furan rings is 1. The van der Waals surface area contributed by atoms with E-state index in [1.165, 1.54) is 34.6 Å². The Morgan fingerprint density at radius 2 is 1.54 bits per heavy atom. The summed E-state index contributed by atoms with van der Waals surface area (Å²) >= 11 is 0. The van der Waals surface area contributed by atoms with Gasteiger partial charge in [0, 0.05) is 18.3 Å². The molecule has 0 aliphatic carbocycles. The average molecular weight is 544 g/mol. The first kappa shape index (κ1) is 27.5. The van der Waals surface area contributed by atoms with Crippen molar-refractivity contribution in [3.05, 3.63) is 125 Å². The van der Waals surface area contributed by atoms with Crippen molar-refractivity contribution in [1.82, 2.24) is 4.31 Å². The van der Waals surface area contributed by atoms with Gasteiger partial charge in [-0.15, -0.1) is 0 Å². The monoisotopic (exact) mass is 543 g/mol. The molecule has 0 unspecified atom stereocenters. The third kappa shape index (κ3) is 7.08. The minimum absolute atomic E-state index is 0.0679. The predicted octanol–water partition coefficient (Wildman–Crippen LogP) is 5.97. The van der Waals surface area contributed by atoms with Gasteiger partial charge in [-0.05, 0) is 67.9 Å². The second kappa shape index (κ2) is 11.9. The lowest BCUT2D eigenvalue weighted by Crippen LogP contribution is -2.30. The number of sulfonamides is 1. The van der Waals surface area contributed by atoms with Crippen molar-refractivity contribution in [2.45, 2.75) is 31.8 Å². The molecule has 7 nitrogen and oxygen atoms in total. The van der Waals surface area contributed by atoms with Crippen LogP contribution in [-0.4, -0.2) is 18.6 Å². The largest absolute Gasteiger partial charge is 0.460 e. The first-order chi connectivity index (χ1) is 18.6. The number of carbonyl (C=O) groups is 1. The summed E-state index contributed by atoms with van der Waals surface area (Å²) in [4.78, 5) is 12.7. The van der Waals surface area contributed by atoms with Crippen molar-refractivity contribution in [2.24, 2.45) is 0 Å². The molecule has 0 spiro atoms. The number of aryl methyl sites for hydroxylation is 2. The number of nitriles is 1. The fraction of sp³-hybridized carbons (Fsp3) is 0.133. The predicted molar refractivity (Wildman–Crippen MR) is 146 cm³/mol. The quantitative estimate of drug-likeness (QED) is 0.207. The maximum atomic E-state index is 13.6. The van der Waals surface area contributed by atoms with E-state index in [9.17, 15) is 22.9 Å². The molecular formula is C30H26FN3O4S. The average Bonchev–Trinajstić information content (AvgIpc) is 3.36. The first-order valence-corrected chi connectivity index (χ1v) is 13.5. The van der Waals surface area contributed by atoms with Gasteiger partial charge in [0.1, 0.15) is 29.0 Å². The molecule has 1 heterocycles. The molecular weight excluding hydrogens is 517 g/mol. The van der Waals surface area contributed by atoms with Crippen LogP contribution in [0.25, 0.3) is 6.08 Å². The van der Waals surface area contributed by atoms with Crippen LogP contribution in [0, 0.1) is 31.0 Å². The fourth-order valence-corrected chi connectivity index (χ4v) is 5.13. The van der Waals surface area contributed by atoms with Crippen LogP contribution in [0.1, 0.15) is 28.2 Å². The van der Waals surface area contributed by atoms with Crippen LogP contribution in [0.5, 0.6) is 0 Å². The van der Waals surface area contributed by atoms with Gasteiger partial charge in [-0.25, -0.2) is 12.8 Å². The van der Waals surface area contributed by atoms with Gasteiger partial charge in [-0.2, -0.15) is 9.57 Å². The van der Waals surface area contributed by atoms with Gasteiger partial charge in [-0.1, -0.05) is 47.5 Å². The Labute approximate surface area is 226 Å². The summed E-state index contributed by atoms with van der Waals surface area (Å²) in [6.07, 6.45) is 1.27. The maximum Gasteiger partial charge on any atom is 0.266 e. The van der Waals surface area contributed by atoms with E-state index >= 15 is 0 Å². The zero-order valence-corrected chi connectivity index (χ0v) is 22.2. The van der Waals surface area contributed by atoms with Crippen LogP contribution in [0.4, 0.5) is 10.1 Å². The first-order valence-electron chi connectivity index (χ1n) is 12.0. The van der Waals surface area contributed by atoms with Crippen LogP contribution in [-0.2, 0) is 27.9 Å². The molecule has 0 bridgehead atoms. The standard InChI is InChI=1S/C30H26FN3O4S/c1-21-3-7-23(8-4-21)19-34(39(36,37)29-15-5-22(2)6-16-29)20-28-14-13-27(38-28)17-24(18-32)30(35)33-26-11-9-25(31)10-12-26/h3-17H,19-20H2,1-2H3,(H,33,35)/b24-17-. The minimum Gasteiger partial charge on any atom is -0.460 e. The molecule has 1 N–H and O–H groups in total. The smallest absolute Gasteiger partial charge is 0.266 e. The van der Waals surface area contributed by atoms with E-state index in [2.05, 4.69) is 5.32 Å². The van der Waals surface area contributed by atoms with Gasteiger partial charge in [0.25, 0.3) is 5.91 Å². The van der Waals surface area contributed by atoms with Gasteiger partial charge in [0.05, 0.1) is 11.4 Å². The lowest BCUT2D eigenvalue weighted by Gasteiger charge is -2.21. The molecule has 1 aromatic heterocycles. The van der Waals surface area contributed by atoms with E-state index in [0.717, 1.165) is 16.7 Å². The molecule has 4 rings (SSSR count). The molecule has 4 aromatic rings. The number of amides is 1. The Bertz CT molecular complexity index is 1630. The number of rotatable bonds is 9. The van der Waals surface area contributed by atoms with Gasteiger partial charge in [-0.3, -0.25) is 4.79 Å².